The highest BCUT2D eigenvalue weighted by Gasteiger charge is 2.22. The van der Waals surface area contributed by atoms with Crippen LogP contribution in [0.4, 0.5) is 4.79 Å². The Morgan fingerprint density at radius 3 is 2.31 bits per heavy atom. The summed E-state index contributed by atoms with van der Waals surface area (Å²) in [5.41, 5.74) is 1.17. The van der Waals surface area contributed by atoms with Gasteiger partial charge in [-0.15, -0.1) is 0 Å². The van der Waals surface area contributed by atoms with Crippen LogP contribution in [-0.2, 0) is 4.74 Å². The number of hydrogen-bond acceptors (Lipinski definition) is 6. The molecule has 7 nitrogen and oxygen atoms in total. The molecular weight excluding hydrogens is 334 g/mol. The Hall–Kier alpha value is -3.35. The van der Waals surface area contributed by atoms with E-state index in [1.807, 2.05) is 0 Å². The molecule has 3 N–H and O–H groups in total. The molecule has 1 fully saturated rings. The summed E-state index contributed by atoms with van der Waals surface area (Å²) >= 11 is 0. The summed E-state index contributed by atoms with van der Waals surface area (Å²) in [6, 6.07) is 14.3. The van der Waals surface area contributed by atoms with E-state index < -0.39 is 6.09 Å². The van der Waals surface area contributed by atoms with Crippen LogP contribution in [0.25, 0.3) is 0 Å². The fourth-order valence-corrected chi connectivity index (χ4v) is 2.40. The van der Waals surface area contributed by atoms with Crippen LogP contribution in [0.5, 0.6) is 17.2 Å². The van der Waals surface area contributed by atoms with E-state index in [-0.39, 0.29) is 6.10 Å². The van der Waals surface area contributed by atoms with Crippen LogP contribution >= 0.6 is 0 Å². The molecule has 1 unspecified atom stereocenters. The van der Waals surface area contributed by atoms with Crippen molar-refractivity contribution in [1.82, 2.24) is 5.32 Å². The van der Waals surface area contributed by atoms with Crippen molar-refractivity contribution in [3.63, 3.8) is 0 Å². The van der Waals surface area contributed by atoms with E-state index in [0.29, 0.717) is 42.5 Å². The highest BCUT2D eigenvalue weighted by molar-refractivity contribution is 6.04. The molecule has 7 heteroatoms. The summed E-state index contributed by atoms with van der Waals surface area (Å²) in [6.45, 7) is 0.745. The van der Waals surface area contributed by atoms with Gasteiger partial charge >= 0.3 is 6.09 Å². The number of nitrogens with one attached hydrogen (secondary N) is 3. The molecule has 0 aromatic heterocycles. The Morgan fingerprint density at radius 1 is 1.12 bits per heavy atom. The van der Waals surface area contributed by atoms with Crippen LogP contribution in [0, 0.1) is 10.8 Å². The monoisotopic (exact) mass is 353 g/mol. The van der Waals surface area contributed by atoms with Gasteiger partial charge in [0, 0.05) is 18.3 Å². The molecule has 2 aromatic rings. The summed E-state index contributed by atoms with van der Waals surface area (Å²) in [7, 11) is 0. The van der Waals surface area contributed by atoms with Crippen LogP contribution < -0.4 is 14.8 Å². The maximum absolute atomic E-state index is 10.9. The van der Waals surface area contributed by atoms with E-state index in [4.69, 9.17) is 25.0 Å². The highest BCUT2D eigenvalue weighted by atomic mass is 16.6. The molecule has 134 valence electrons. The lowest BCUT2D eigenvalue weighted by Gasteiger charge is -2.11. The number of carbonyl (C=O) groups excluding carboxylic acids is 1. The predicted molar refractivity (Wildman–Crippen MR) is 97.0 cm³/mol. The van der Waals surface area contributed by atoms with Gasteiger partial charge in [0.15, 0.2) is 6.10 Å². The van der Waals surface area contributed by atoms with E-state index in [1.165, 1.54) is 6.21 Å². The van der Waals surface area contributed by atoms with E-state index in [1.54, 1.807) is 48.5 Å². The number of benzene rings is 2. The first kappa shape index (κ1) is 17.5. The lowest BCUT2D eigenvalue weighted by atomic mass is 10.1. The Morgan fingerprint density at radius 2 is 1.73 bits per heavy atom. The first-order valence-corrected chi connectivity index (χ1v) is 8.16. The van der Waals surface area contributed by atoms with Crippen molar-refractivity contribution in [1.29, 1.82) is 10.8 Å². The summed E-state index contributed by atoms with van der Waals surface area (Å²) in [6.07, 6.45) is 0.839. The number of amides is 1. The van der Waals surface area contributed by atoms with Crippen LogP contribution in [0.3, 0.4) is 0 Å². The van der Waals surface area contributed by atoms with Crippen molar-refractivity contribution in [2.24, 2.45) is 0 Å². The Kier molecular flexibility index (Phi) is 5.48. The number of hydrogen-bond donors (Lipinski definition) is 3. The lowest BCUT2D eigenvalue weighted by Crippen LogP contribution is -2.21. The van der Waals surface area contributed by atoms with E-state index in [2.05, 4.69) is 5.32 Å². The normalized spacial score (nSPS) is 15.7. The minimum absolute atomic E-state index is 0.275. The van der Waals surface area contributed by atoms with Crippen molar-refractivity contribution in [2.75, 3.05) is 13.2 Å². The van der Waals surface area contributed by atoms with Crippen molar-refractivity contribution < 1.29 is 19.0 Å². The third kappa shape index (κ3) is 4.60. The maximum Gasteiger partial charge on any atom is 0.407 e. The molecule has 0 aliphatic carbocycles. The Labute approximate surface area is 150 Å². The molecule has 1 aliphatic heterocycles. The quantitative estimate of drug-likeness (QED) is 0.633. The van der Waals surface area contributed by atoms with Crippen LogP contribution in [0.2, 0.25) is 0 Å². The third-order valence-electron chi connectivity index (χ3n) is 3.75. The van der Waals surface area contributed by atoms with Gasteiger partial charge in [-0.2, -0.15) is 0 Å². The number of cyclic esters (lactones) is 1. The average Bonchev–Trinajstić information content (AvgIpc) is 3.07. The molecule has 0 saturated carbocycles. The van der Waals surface area contributed by atoms with Gasteiger partial charge in [0.05, 0.1) is 6.54 Å². The van der Waals surface area contributed by atoms with E-state index >= 15 is 0 Å². The number of alkyl carbamates (subject to hydrolysis) is 1. The standard InChI is InChI=1S/C19H19N3O4/c20-10-9-18(21)13-1-3-15(4-2-13)25-16-7-5-14(6-8-16)24-12-17-11-22-19(23)26-17/h1-8,10,17,20-21H,9,11-12H2,(H,22,23). The summed E-state index contributed by atoms with van der Waals surface area (Å²) in [5, 5.41) is 17.4. The van der Waals surface area contributed by atoms with Gasteiger partial charge < -0.3 is 30.3 Å². The largest absolute Gasteiger partial charge is 0.490 e. The minimum atomic E-state index is -0.415. The summed E-state index contributed by atoms with van der Waals surface area (Å²) in [5.74, 6) is 1.98. The van der Waals surface area contributed by atoms with Crippen LogP contribution in [0.15, 0.2) is 48.5 Å². The molecule has 0 radical (unpaired) electrons. The lowest BCUT2D eigenvalue weighted by molar-refractivity contribution is 0.105. The second-order valence-corrected chi connectivity index (χ2v) is 5.70. The zero-order valence-corrected chi connectivity index (χ0v) is 14.0. The van der Waals surface area contributed by atoms with Gasteiger partial charge in [-0.25, -0.2) is 4.79 Å². The minimum Gasteiger partial charge on any atom is -0.490 e. The van der Waals surface area contributed by atoms with Gasteiger partial charge in [0.2, 0.25) is 0 Å². The van der Waals surface area contributed by atoms with Crippen LogP contribution in [0.1, 0.15) is 12.0 Å². The van der Waals surface area contributed by atoms with Crippen molar-refractivity contribution in [3.8, 4) is 17.2 Å². The van der Waals surface area contributed by atoms with Gasteiger partial charge in [0.25, 0.3) is 0 Å². The topological polar surface area (TPSA) is 104 Å². The molecule has 2 aromatic carbocycles. The molecule has 1 amide bonds. The van der Waals surface area contributed by atoms with E-state index in [9.17, 15) is 4.79 Å². The van der Waals surface area contributed by atoms with Gasteiger partial charge in [-0.05, 0) is 54.1 Å². The highest BCUT2D eigenvalue weighted by Crippen LogP contribution is 2.24. The molecule has 1 saturated heterocycles. The summed E-state index contributed by atoms with van der Waals surface area (Å²) in [4.78, 5) is 10.9. The molecular formula is C19H19N3O4. The van der Waals surface area contributed by atoms with Crippen molar-refractivity contribution >= 4 is 18.0 Å². The molecule has 26 heavy (non-hydrogen) atoms. The second-order valence-electron chi connectivity index (χ2n) is 5.70. The fraction of sp³-hybridized carbons (Fsp3) is 0.211. The fourth-order valence-electron chi connectivity index (χ4n) is 2.40. The Balaban J connectivity index is 1.53. The molecule has 1 atom stereocenters. The molecule has 0 spiro atoms. The SMILES string of the molecule is N=CCC(=N)c1ccc(Oc2ccc(OCC3CNC(=O)O3)cc2)cc1. The number of rotatable bonds is 8. The van der Waals surface area contributed by atoms with E-state index in [0.717, 1.165) is 5.56 Å². The number of carbonyl (C=O) groups is 1. The average molecular weight is 353 g/mol. The second kappa shape index (κ2) is 8.15. The van der Waals surface area contributed by atoms with Crippen LogP contribution in [-0.4, -0.2) is 37.3 Å². The predicted octanol–water partition coefficient (Wildman–Crippen LogP) is 3.37. The third-order valence-corrected chi connectivity index (χ3v) is 3.75. The molecule has 1 heterocycles. The maximum atomic E-state index is 10.9. The molecule has 1 aliphatic rings. The van der Waals surface area contributed by atoms with Gasteiger partial charge in [-0.1, -0.05) is 0 Å². The first-order chi connectivity index (χ1) is 12.6. The zero-order chi connectivity index (χ0) is 18.4. The number of ether oxygens (including phenoxy) is 3. The molecule has 3 rings (SSSR count). The van der Waals surface area contributed by atoms with Gasteiger partial charge in [0.1, 0.15) is 23.9 Å². The Bertz CT molecular complexity index is 787. The first-order valence-electron chi connectivity index (χ1n) is 8.16. The smallest absolute Gasteiger partial charge is 0.407 e. The summed E-state index contributed by atoms with van der Waals surface area (Å²) < 4.78 is 16.4. The van der Waals surface area contributed by atoms with Crippen molar-refractivity contribution in [2.45, 2.75) is 12.5 Å². The van der Waals surface area contributed by atoms with Gasteiger partial charge in [-0.3, -0.25) is 0 Å². The van der Waals surface area contributed by atoms with Crippen molar-refractivity contribution in [3.05, 3.63) is 54.1 Å². The zero-order valence-electron chi connectivity index (χ0n) is 14.0. The molecule has 0 bridgehead atoms.